The quantitative estimate of drug-likeness (QED) is 0.859. The maximum Gasteiger partial charge on any atom is 0.170 e. The largest absolute Gasteiger partial charge is 0.381 e. The van der Waals surface area contributed by atoms with Crippen molar-refractivity contribution >= 4 is 23.8 Å². The Morgan fingerprint density at radius 2 is 1.90 bits per heavy atom. The highest BCUT2D eigenvalue weighted by Gasteiger charge is 2.23. The second-order valence-electron chi connectivity index (χ2n) is 4.45. The third-order valence-electron chi connectivity index (χ3n) is 3.10. The molecule has 5 nitrogen and oxygen atoms in total. The average molecular weight is 285 g/mol. The van der Waals surface area contributed by atoms with E-state index >= 15 is 0 Å². The fourth-order valence-corrected chi connectivity index (χ4v) is 2.70. The van der Waals surface area contributed by atoms with Crippen molar-refractivity contribution in [2.75, 3.05) is 10.8 Å². The topological polar surface area (TPSA) is 67.4 Å². The molecule has 102 valence electrons. The van der Waals surface area contributed by atoms with Crippen LogP contribution in [0.5, 0.6) is 0 Å². The number of rotatable bonds is 2. The summed E-state index contributed by atoms with van der Waals surface area (Å²) in [6.45, 7) is 4.82. The van der Waals surface area contributed by atoms with E-state index in [1.165, 1.54) is 12.1 Å². The van der Waals surface area contributed by atoms with Crippen molar-refractivity contribution in [2.24, 2.45) is 10.1 Å². The summed E-state index contributed by atoms with van der Waals surface area (Å²) in [5, 5.41) is 0. The predicted molar refractivity (Wildman–Crippen MR) is 83.5 cm³/mol. The van der Waals surface area contributed by atoms with Gasteiger partial charge in [-0.2, -0.15) is 4.40 Å². The molecule has 0 saturated carbocycles. The SMILES string of the molecule is CCN1SN=C(N)c2nc(-c3ccccc3)c(C)nc21. The highest BCUT2D eigenvalue weighted by molar-refractivity contribution is 7.99. The van der Waals surface area contributed by atoms with E-state index in [0.717, 1.165) is 29.3 Å². The molecule has 2 heterocycles. The van der Waals surface area contributed by atoms with E-state index in [2.05, 4.69) is 21.3 Å². The van der Waals surface area contributed by atoms with Crippen molar-refractivity contribution in [3.63, 3.8) is 0 Å². The molecule has 20 heavy (non-hydrogen) atoms. The van der Waals surface area contributed by atoms with Crippen molar-refractivity contribution in [1.29, 1.82) is 0 Å². The third-order valence-corrected chi connectivity index (χ3v) is 4.01. The van der Waals surface area contributed by atoms with Crippen molar-refractivity contribution in [3.05, 3.63) is 41.7 Å². The number of aryl methyl sites for hydroxylation is 1. The number of hydrogen-bond donors (Lipinski definition) is 1. The summed E-state index contributed by atoms with van der Waals surface area (Å²) < 4.78 is 6.21. The van der Waals surface area contributed by atoms with Gasteiger partial charge < -0.3 is 5.73 Å². The second kappa shape index (κ2) is 5.13. The first kappa shape index (κ1) is 12.9. The van der Waals surface area contributed by atoms with Crippen molar-refractivity contribution in [2.45, 2.75) is 13.8 Å². The molecule has 1 aliphatic heterocycles. The number of nitrogens with two attached hydrogens (primary N) is 1. The Bertz CT molecular complexity index is 669. The Morgan fingerprint density at radius 3 is 2.60 bits per heavy atom. The number of benzene rings is 1. The van der Waals surface area contributed by atoms with Crippen LogP contribution in [0.2, 0.25) is 0 Å². The van der Waals surface area contributed by atoms with Gasteiger partial charge in [0.2, 0.25) is 0 Å². The number of hydrogen-bond acceptors (Lipinski definition) is 6. The molecule has 6 heteroatoms. The molecule has 1 aromatic heterocycles. The van der Waals surface area contributed by atoms with Gasteiger partial charge in [-0.25, -0.2) is 9.97 Å². The highest BCUT2D eigenvalue weighted by atomic mass is 32.2. The first-order valence-electron chi connectivity index (χ1n) is 6.43. The van der Waals surface area contributed by atoms with Crippen LogP contribution in [0.25, 0.3) is 11.3 Å². The molecule has 1 aromatic carbocycles. The Balaban J connectivity index is 2.17. The van der Waals surface area contributed by atoms with Crippen LogP contribution in [0.15, 0.2) is 34.7 Å². The fourth-order valence-electron chi connectivity index (χ4n) is 2.11. The van der Waals surface area contributed by atoms with E-state index in [1.54, 1.807) is 0 Å². The molecule has 0 aliphatic carbocycles. The van der Waals surface area contributed by atoms with Crippen molar-refractivity contribution in [3.8, 4) is 11.3 Å². The summed E-state index contributed by atoms with van der Waals surface area (Å²) >= 11 is 1.32. The first-order valence-corrected chi connectivity index (χ1v) is 7.16. The second-order valence-corrected chi connectivity index (χ2v) is 5.24. The molecule has 0 unspecified atom stereocenters. The minimum atomic E-state index is 0.430. The fraction of sp³-hybridized carbons (Fsp3) is 0.214. The number of anilines is 1. The maximum absolute atomic E-state index is 5.96. The molecule has 0 spiro atoms. The van der Waals surface area contributed by atoms with Gasteiger partial charge in [0.25, 0.3) is 0 Å². The van der Waals surface area contributed by atoms with Gasteiger partial charge in [-0.05, 0) is 13.8 Å². The van der Waals surface area contributed by atoms with Gasteiger partial charge in [0.05, 0.1) is 23.5 Å². The average Bonchev–Trinajstić information content (AvgIpc) is 2.48. The lowest BCUT2D eigenvalue weighted by atomic mass is 10.1. The first-order chi connectivity index (χ1) is 9.70. The van der Waals surface area contributed by atoms with Gasteiger partial charge in [-0.3, -0.25) is 4.31 Å². The van der Waals surface area contributed by atoms with Crippen LogP contribution in [0.4, 0.5) is 5.82 Å². The molecule has 2 aromatic rings. The zero-order valence-corrected chi connectivity index (χ0v) is 12.2. The Kier molecular flexibility index (Phi) is 3.31. The van der Waals surface area contributed by atoms with Crippen LogP contribution in [0.3, 0.4) is 0 Å². The minimum absolute atomic E-state index is 0.430. The molecule has 0 bridgehead atoms. The zero-order valence-electron chi connectivity index (χ0n) is 11.4. The Hall–Kier alpha value is -2.08. The zero-order chi connectivity index (χ0) is 14.1. The van der Waals surface area contributed by atoms with E-state index in [9.17, 15) is 0 Å². The minimum Gasteiger partial charge on any atom is -0.381 e. The lowest BCUT2D eigenvalue weighted by Crippen LogP contribution is -2.28. The summed E-state index contributed by atoms with van der Waals surface area (Å²) in [5.74, 6) is 1.22. The van der Waals surface area contributed by atoms with E-state index in [1.807, 2.05) is 41.6 Å². The molecule has 2 N–H and O–H groups in total. The standard InChI is InChI=1S/C14H15N5S/c1-3-19-14-12(13(15)18-20-19)17-11(9(2)16-14)10-7-5-4-6-8-10/h4-8H,3H2,1-2H3,(H2,15,18). The molecule has 3 rings (SSSR count). The Morgan fingerprint density at radius 1 is 1.15 bits per heavy atom. The van der Waals surface area contributed by atoms with Crippen molar-refractivity contribution in [1.82, 2.24) is 9.97 Å². The van der Waals surface area contributed by atoms with Gasteiger partial charge in [0, 0.05) is 12.1 Å². The smallest absolute Gasteiger partial charge is 0.170 e. The van der Waals surface area contributed by atoms with Gasteiger partial charge in [0.1, 0.15) is 5.69 Å². The van der Waals surface area contributed by atoms with Crippen LogP contribution >= 0.6 is 12.1 Å². The van der Waals surface area contributed by atoms with Crippen molar-refractivity contribution < 1.29 is 0 Å². The lowest BCUT2D eigenvalue weighted by Gasteiger charge is -2.24. The maximum atomic E-state index is 5.96. The van der Waals surface area contributed by atoms with Gasteiger partial charge in [-0.1, -0.05) is 30.3 Å². The van der Waals surface area contributed by atoms with Gasteiger partial charge >= 0.3 is 0 Å². The lowest BCUT2D eigenvalue weighted by molar-refractivity contribution is 1.01. The van der Waals surface area contributed by atoms with E-state index in [4.69, 9.17) is 5.73 Å². The monoisotopic (exact) mass is 285 g/mol. The molecule has 0 amide bonds. The third kappa shape index (κ3) is 2.12. The Labute approximate surface area is 122 Å². The number of amidine groups is 1. The van der Waals surface area contributed by atoms with Gasteiger partial charge in [0.15, 0.2) is 11.7 Å². The van der Waals surface area contributed by atoms with Crippen LogP contribution in [0, 0.1) is 6.92 Å². The molecule has 0 radical (unpaired) electrons. The van der Waals surface area contributed by atoms with Crippen LogP contribution in [0.1, 0.15) is 18.3 Å². The normalized spacial score (nSPS) is 13.9. The molecule has 0 fully saturated rings. The molecule has 0 saturated heterocycles. The predicted octanol–water partition coefficient (Wildman–Crippen LogP) is 2.56. The number of fused-ring (bicyclic) bond motifs is 1. The van der Waals surface area contributed by atoms with Gasteiger partial charge in [-0.15, -0.1) is 0 Å². The number of aromatic nitrogens is 2. The van der Waals surface area contributed by atoms with E-state index < -0.39 is 0 Å². The van der Waals surface area contributed by atoms with E-state index in [0.29, 0.717) is 11.5 Å². The number of nitrogens with zero attached hydrogens (tertiary/aromatic N) is 4. The molecule has 0 atom stereocenters. The molecular formula is C14H15N5S. The molecule has 1 aliphatic rings. The summed E-state index contributed by atoms with van der Waals surface area (Å²) in [6, 6.07) is 10.00. The van der Waals surface area contributed by atoms with Crippen LogP contribution in [-0.4, -0.2) is 22.3 Å². The van der Waals surface area contributed by atoms with Crippen LogP contribution in [-0.2, 0) is 0 Å². The van der Waals surface area contributed by atoms with E-state index in [-0.39, 0.29) is 0 Å². The highest BCUT2D eigenvalue weighted by Crippen LogP contribution is 2.31. The summed E-state index contributed by atoms with van der Waals surface area (Å²) in [6.07, 6.45) is 0. The molecular weight excluding hydrogens is 270 g/mol. The summed E-state index contributed by atoms with van der Waals surface area (Å²) in [7, 11) is 0. The summed E-state index contributed by atoms with van der Waals surface area (Å²) in [5.41, 5.74) is 9.40. The summed E-state index contributed by atoms with van der Waals surface area (Å²) in [4.78, 5) is 9.36. The van der Waals surface area contributed by atoms with Crippen LogP contribution < -0.4 is 10.0 Å².